The maximum absolute atomic E-state index is 3.20. The highest BCUT2D eigenvalue weighted by molar-refractivity contribution is 4.92. The Kier molecular flexibility index (Phi) is 16.9. The van der Waals surface area contributed by atoms with Crippen molar-refractivity contribution in [1.29, 1.82) is 0 Å². The molecule has 0 spiro atoms. The van der Waals surface area contributed by atoms with Crippen molar-refractivity contribution in [3.8, 4) is 0 Å². The van der Waals surface area contributed by atoms with Gasteiger partial charge in [0.1, 0.15) is 0 Å². The summed E-state index contributed by atoms with van der Waals surface area (Å²) in [6, 6.07) is 0. The van der Waals surface area contributed by atoms with Crippen molar-refractivity contribution in [2.24, 2.45) is 0 Å². The molecule has 0 radical (unpaired) electrons. The molecule has 0 amide bonds. The molecular weight excluding hydrogens is 230 g/mol. The molecule has 0 aliphatic rings. The van der Waals surface area contributed by atoms with E-state index >= 15 is 0 Å². The summed E-state index contributed by atoms with van der Waals surface area (Å²) in [6.07, 6.45) is 23.8. The van der Waals surface area contributed by atoms with Crippen LogP contribution in [0.1, 0.15) is 77.6 Å². The van der Waals surface area contributed by atoms with Gasteiger partial charge in [-0.15, -0.1) is 0 Å². The molecule has 0 saturated heterocycles. The van der Waals surface area contributed by atoms with Gasteiger partial charge in [-0.1, -0.05) is 63.3 Å². The zero-order chi connectivity index (χ0) is 14.0. The molecule has 0 saturated carbocycles. The smallest absolute Gasteiger partial charge is 0.00519 e. The van der Waals surface area contributed by atoms with Crippen molar-refractivity contribution in [2.45, 2.75) is 77.6 Å². The summed E-state index contributed by atoms with van der Waals surface area (Å²) in [5.74, 6) is 0. The largest absolute Gasteiger partial charge is 0.320 e. The van der Waals surface area contributed by atoms with Gasteiger partial charge < -0.3 is 5.32 Å². The highest BCUT2D eigenvalue weighted by Crippen LogP contribution is 2.06. The first-order valence-electron chi connectivity index (χ1n) is 8.36. The zero-order valence-electron chi connectivity index (χ0n) is 13.3. The Bertz CT molecular complexity index is 206. The lowest BCUT2D eigenvalue weighted by atomic mass is 10.1. The molecule has 0 aliphatic carbocycles. The highest BCUT2D eigenvalue weighted by Gasteiger charge is 1.88. The topological polar surface area (TPSA) is 12.0 Å². The molecule has 0 aromatic carbocycles. The van der Waals surface area contributed by atoms with Crippen LogP contribution < -0.4 is 5.32 Å². The lowest BCUT2D eigenvalue weighted by molar-refractivity contribution is 0.600. The second-order valence-electron chi connectivity index (χ2n) is 5.33. The van der Waals surface area contributed by atoms with E-state index in [1.807, 2.05) is 7.05 Å². The van der Waals surface area contributed by atoms with E-state index in [1.54, 1.807) is 0 Å². The van der Waals surface area contributed by atoms with Crippen LogP contribution in [0.25, 0.3) is 0 Å². The van der Waals surface area contributed by atoms with Crippen molar-refractivity contribution >= 4 is 0 Å². The van der Waals surface area contributed by atoms with Crippen molar-refractivity contribution in [3.63, 3.8) is 0 Å². The molecule has 0 aliphatic heterocycles. The third kappa shape index (κ3) is 17.4. The molecule has 1 heteroatoms. The standard InChI is InChI=1S/C18H35N/c1-3-4-5-6-7-8-9-10-11-12-13-14-15-16-17-18-19-2/h7-8,10-11,19H,3-6,9,12-18H2,1-2H3. The van der Waals surface area contributed by atoms with Gasteiger partial charge in [-0.25, -0.2) is 0 Å². The van der Waals surface area contributed by atoms with Crippen LogP contribution in [-0.4, -0.2) is 13.6 Å². The quantitative estimate of drug-likeness (QED) is 0.317. The summed E-state index contributed by atoms with van der Waals surface area (Å²) in [7, 11) is 2.03. The first-order chi connectivity index (χ1) is 9.41. The van der Waals surface area contributed by atoms with Gasteiger partial charge in [-0.05, 0) is 52.1 Å². The monoisotopic (exact) mass is 265 g/mol. The Hall–Kier alpha value is -0.560. The van der Waals surface area contributed by atoms with Gasteiger partial charge in [-0.2, -0.15) is 0 Å². The van der Waals surface area contributed by atoms with Crippen LogP contribution in [0.4, 0.5) is 0 Å². The first-order valence-corrected chi connectivity index (χ1v) is 8.36. The zero-order valence-corrected chi connectivity index (χ0v) is 13.3. The number of hydrogen-bond donors (Lipinski definition) is 1. The summed E-state index contributed by atoms with van der Waals surface area (Å²) in [5, 5.41) is 3.20. The van der Waals surface area contributed by atoms with Crippen LogP contribution in [-0.2, 0) is 0 Å². The summed E-state index contributed by atoms with van der Waals surface area (Å²) in [4.78, 5) is 0. The predicted molar refractivity (Wildman–Crippen MR) is 88.7 cm³/mol. The van der Waals surface area contributed by atoms with Crippen LogP contribution in [0.5, 0.6) is 0 Å². The number of unbranched alkanes of at least 4 members (excludes halogenated alkanes) is 8. The van der Waals surface area contributed by atoms with E-state index < -0.39 is 0 Å². The molecule has 0 rings (SSSR count). The molecule has 19 heavy (non-hydrogen) atoms. The minimum Gasteiger partial charge on any atom is -0.320 e. The van der Waals surface area contributed by atoms with E-state index in [0.717, 1.165) is 6.42 Å². The van der Waals surface area contributed by atoms with E-state index in [9.17, 15) is 0 Å². The third-order valence-electron chi connectivity index (χ3n) is 3.38. The van der Waals surface area contributed by atoms with Crippen LogP contribution in [0, 0.1) is 0 Å². The minimum atomic E-state index is 1.12. The molecule has 112 valence electrons. The van der Waals surface area contributed by atoms with Crippen LogP contribution in [0.3, 0.4) is 0 Å². The number of rotatable bonds is 14. The van der Waals surface area contributed by atoms with Gasteiger partial charge in [0.15, 0.2) is 0 Å². The second-order valence-corrected chi connectivity index (χ2v) is 5.33. The van der Waals surface area contributed by atoms with Crippen LogP contribution in [0.15, 0.2) is 24.3 Å². The predicted octanol–water partition coefficient (Wildman–Crippen LogP) is 5.63. The van der Waals surface area contributed by atoms with Crippen molar-refractivity contribution in [1.82, 2.24) is 5.32 Å². The van der Waals surface area contributed by atoms with E-state index in [1.165, 1.54) is 70.8 Å². The number of hydrogen-bond acceptors (Lipinski definition) is 1. The number of allylic oxidation sites excluding steroid dienone is 4. The van der Waals surface area contributed by atoms with Crippen molar-refractivity contribution in [3.05, 3.63) is 24.3 Å². The molecular formula is C18H35N. The summed E-state index contributed by atoms with van der Waals surface area (Å²) < 4.78 is 0. The minimum absolute atomic E-state index is 1.12. The van der Waals surface area contributed by atoms with Crippen molar-refractivity contribution in [2.75, 3.05) is 13.6 Å². The molecule has 0 unspecified atom stereocenters. The molecule has 0 fully saturated rings. The Morgan fingerprint density at radius 3 is 1.89 bits per heavy atom. The maximum Gasteiger partial charge on any atom is -0.00519 e. The van der Waals surface area contributed by atoms with Gasteiger partial charge in [0.2, 0.25) is 0 Å². The molecule has 0 aromatic heterocycles. The van der Waals surface area contributed by atoms with E-state index in [4.69, 9.17) is 0 Å². The van der Waals surface area contributed by atoms with Crippen LogP contribution in [0.2, 0.25) is 0 Å². The molecule has 0 heterocycles. The lowest BCUT2D eigenvalue weighted by Gasteiger charge is -1.99. The Labute approximate surface area is 121 Å². The van der Waals surface area contributed by atoms with E-state index in [-0.39, 0.29) is 0 Å². The van der Waals surface area contributed by atoms with E-state index in [0.29, 0.717) is 0 Å². The molecule has 0 atom stereocenters. The molecule has 0 aromatic rings. The molecule has 0 bridgehead atoms. The second kappa shape index (κ2) is 17.4. The molecule has 1 N–H and O–H groups in total. The van der Waals surface area contributed by atoms with Gasteiger partial charge >= 0.3 is 0 Å². The summed E-state index contributed by atoms with van der Waals surface area (Å²) >= 11 is 0. The normalized spacial score (nSPS) is 11.9. The average Bonchev–Trinajstić information content (AvgIpc) is 2.43. The highest BCUT2D eigenvalue weighted by atomic mass is 14.8. The van der Waals surface area contributed by atoms with Gasteiger partial charge in [-0.3, -0.25) is 0 Å². The Morgan fingerprint density at radius 1 is 0.684 bits per heavy atom. The van der Waals surface area contributed by atoms with Gasteiger partial charge in [0.05, 0.1) is 0 Å². The van der Waals surface area contributed by atoms with Crippen molar-refractivity contribution < 1.29 is 0 Å². The van der Waals surface area contributed by atoms with Crippen LogP contribution >= 0.6 is 0 Å². The fourth-order valence-electron chi connectivity index (χ4n) is 2.11. The van der Waals surface area contributed by atoms with Gasteiger partial charge in [0.25, 0.3) is 0 Å². The maximum atomic E-state index is 3.20. The lowest BCUT2D eigenvalue weighted by Crippen LogP contribution is -2.06. The Morgan fingerprint density at radius 2 is 1.26 bits per heavy atom. The summed E-state index contributed by atoms with van der Waals surface area (Å²) in [6.45, 7) is 3.43. The number of nitrogens with one attached hydrogen (secondary N) is 1. The van der Waals surface area contributed by atoms with Gasteiger partial charge in [0, 0.05) is 0 Å². The molecule has 1 nitrogen and oxygen atoms in total. The van der Waals surface area contributed by atoms with E-state index in [2.05, 4.69) is 36.5 Å². The SMILES string of the molecule is CCCCCC=CCC=CCCCCCCCNC. The first kappa shape index (κ1) is 18.4. The Balaban J connectivity index is 3.12. The fourth-order valence-corrected chi connectivity index (χ4v) is 2.11. The fraction of sp³-hybridized carbons (Fsp3) is 0.778. The summed E-state index contributed by atoms with van der Waals surface area (Å²) in [5.41, 5.74) is 0. The third-order valence-corrected chi connectivity index (χ3v) is 3.38. The average molecular weight is 265 g/mol.